The maximum Gasteiger partial charge on any atom is 0.321 e. The Balaban J connectivity index is 0.000000287. The van der Waals surface area contributed by atoms with Crippen LogP contribution in [0.2, 0.25) is 0 Å². The molecule has 186 valence electrons. The van der Waals surface area contributed by atoms with E-state index in [0.717, 1.165) is 32.1 Å². The molecule has 9 N–H and O–H groups in total. The molecule has 2 fully saturated rings. The van der Waals surface area contributed by atoms with Gasteiger partial charge in [0.1, 0.15) is 22.4 Å². The lowest BCUT2D eigenvalue weighted by molar-refractivity contribution is -0.149. The molecule has 1 aromatic rings. The van der Waals surface area contributed by atoms with Crippen LogP contribution in [0.3, 0.4) is 0 Å². The molecule has 12 nitrogen and oxygen atoms in total. The molecule has 1 saturated heterocycles. The normalized spacial score (nSPS) is 22.9. The SMILES string of the molecule is N=C(N)c1ccc(C(N)=O)cn1.NCC(=O)C1(C2CCCCC2)SCC(C(=O)O)N1CC(=O)O. The number of amidine groups is 1. The van der Waals surface area contributed by atoms with Gasteiger partial charge in [-0.15, -0.1) is 11.8 Å². The zero-order valence-electron chi connectivity index (χ0n) is 18.6. The number of aliphatic carboxylic acids is 2. The number of carbonyl (C=O) groups is 4. The van der Waals surface area contributed by atoms with Gasteiger partial charge in [0.2, 0.25) is 5.91 Å². The van der Waals surface area contributed by atoms with E-state index >= 15 is 0 Å². The lowest BCUT2D eigenvalue weighted by Gasteiger charge is -2.44. The highest BCUT2D eigenvalue weighted by Crippen LogP contribution is 2.50. The predicted octanol–water partition coefficient (Wildman–Crippen LogP) is -0.158. The number of nitrogens with two attached hydrogens (primary N) is 3. The van der Waals surface area contributed by atoms with Gasteiger partial charge in [-0.1, -0.05) is 19.3 Å². The number of carboxylic acids is 2. The standard InChI is InChI=1S/C14H22N2O5S.C7H8N4O/c15-6-11(17)14(9-4-2-1-3-5-9)16(7-12(18)19)10(8-22-14)13(20)21;8-6(9)5-2-1-4(3-11-5)7(10)12/h9-10H,1-8,15H2,(H,18,19)(H,20,21);1-3H,(H3,8,9)(H2,10,12). The molecule has 34 heavy (non-hydrogen) atoms. The molecule has 1 aliphatic heterocycles. The number of ketones is 1. The number of hydrogen-bond donors (Lipinski definition) is 6. The van der Waals surface area contributed by atoms with Crippen molar-refractivity contribution in [2.24, 2.45) is 23.1 Å². The van der Waals surface area contributed by atoms with Crippen LogP contribution in [0.5, 0.6) is 0 Å². The van der Waals surface area contributed by atoms with Crippen LogP contribution in [-0.2, 0) is 14.4 Å². The molecule has 1 amide bonds. The highest BCUT2D eigenvalue weighted by Gasteiger charge is 2.58. The second kappa shape index (κ2) is 11.9. The third kappa shape index (κ3) is 6.10. The summed E-state index contributed by atoms with van der Waals surface area (Å²) in [4.78, 5) is 49.9. The lowest BCUT2D eigenvalue weighted by Crippen LogP contribution is -2.60. The monoisotopic (exact) mass is 494 g/mol. The Morgan fingerprint density at radius 3 is 2.24 bits per heavy atom. The fourth-order valence-corrected chi connectivity index (χ4v) is 6.16. The maximum absolute atomic E-state index is 12.6. The van der Waals surface area contributed by atoms with Crippen LogP contribution in [0, 0.1) is 11.3 Å². The summed E-state index contributed by atoms with van der Waals surface area (Å²) in [5.74, 6) is -2.97. The molecule has 13 heteroatoms. The van der Waals surface area contributed by atoms with Crippen LogP contribution >= 0.6 is 11.8 Å². The number of primary amides is 1. The number of nitrogens with one attached hydrogen (secondary N) is 1. The number of hydrogen-bond acceptors (Lipinski definition) is 9. The number of amides is 1. The third-order valence-corrected chi connectivity index (χ3v) is 7.64. The lowest BCUT2D eigenvalue weighted by atomic mass is 9.80. The molecule has 2 atom stereocenters. The zero-order chi connectivity index (χ0) is 25.5. The Bertz CT molecular complexity index is 903. The Hall–Kier alpha value is -3.03. The van der Waals surface area contributed by atoms with Crippen LogP contribution in [0.4, 0.5) is 0 Å². The van der Waals surface area contributed by atoms with Gasteiger partial charge in [0.05, 0.1) is 18.7 Å². The third-order valence-electron chi connectivity index (χ3n) is 5.92. The number of rotatable bonds is 8. The maximum atomic E-state index is 12.6. The van der Waals surface area contributed by atoms with Crippen molar-refractivity contribution in [3.05, 3.63) is 29.6 Å². The molecule has 2 aliphatic rings. The van der Waals surface area contributed by atoms with Gasteiger partial charge >= 0.3 is 11.9 Å². The number of nitrogen functional groups attached to an aromatic ring is 1. The van der Waals surface area contributed by atoms with E-state index in [0.29, 0.717) is 11.3 Å². The first-order valence-electron chi connectivity index (χ1n) is 10.7. The summed E-state index contributed by atoms with van der Waals surface area (Å²) < 4.78 is 0. The highest BCUT2D eigenvalue weighted by molar-refractivity contribution is 8.01. The summed E-state index contributed by atoms with van der Waals surface area (Å²) in [5.41, 5.74) is 16.3. The average molecular weight is 495 g/mol. The summed E-state index contributed by atoms with van der Waals surface area (Å²) in [6.07, 6.45) is 5.95. The number of carboxylic acid groups (broad SMARTS) is 2. The summed E-state index contributed by atoms with van der Waals surface area (Å²) in [5, 5.41) is 25.6. The largest absolute Gasteiger partial charge is 0.480 e. The van der Waals surface area contributed by atoms with Crippen LogP contribution < -0.4 is 17.2 Å². The van der Waals surface area contributed by atoms with Crippen LogP contribution in [0.25, 0.3) is 0 Å². The second-order valence-corrected chi connectivity index (χ2v) is 9.30. The fraction of sp³-hybridized carbons (Fsp3) is 0.524. The second-order valence-electron chi connectivity index (χ2n) is 8.06. The molecule has 0 spiro atoms. The van der Waals surface area contributed by atoms with Crippen molar-refractivity contribution in [2.45, 2.75) is 43.0 Å². The van der Waals surface area contributed by atoms with Crippen LogP contribution in [-0.4, -0.2) is 79.3 Å². The van der Waals surface area contributed by atoms with E-state index in [1.165, 1.54) is 35.0 Å². The van der Waals surface area contributed by atoms with Crippen molar-refractivity contribution in [1.82, 2.24) is 9.88 Å². The van der Waals surface area contributed by atoms with Gasteiger partial charge in [0.25, 0.3) is 0 Å². The molecule has 0 bridgehead atoms. The predicted molar refractivity (Wildman–Crippen MR) is 125 cm³/mol. The average Bonchev–Trinajstić information content (AvgIpc) is 3.19. The first kappa shape index (κ1) is 27.2. The van der Waals surface area contributed by atoms with E-state index in [9.17, 15) is 29.4 Å². The van der Waals surface area contributed by atoms with E-state index < -0.39 is 35.3 Å². The molecule has 3 rings (SSSR count). The molecule has 1 saturated carbocycles. The Labute approximate surface area is 200 Å². The highest BCUT2D eigenvalue weighted by atomic mass is 32.2. The zero-order valence-corrected chi connectivity index (χ0v) is 19.4. The summed E-state index contributed by atoms with van der Waals surface area (Å²) in [6.45, 7) is -0.655. The first-order valence-corrected chi connectivity index (χ1v) is 11.7. The number of Topliss-reactive ketones (excluding diaryl/α,β-unsaturated/α-hetero) is 1. The van der Waals surface area contributed by atoms with Crippen molar-refractivity contribution < 1.29 is 29.4 Å². The molecule has 1 aromatic heterocycles. The molecule has 2 heterocycles. The van der Waals surface area contributed by atoms with Gasteiger partial charge in [0.15, 0.2) is 5.78 Å². The van der Waals surface area contributed by atoms with Crippen LogP contribution in [0.1, 0.15) is 48.2 Å². The first-order chi connectivity index (χ1) is 16.0. The van der Waals surface area contributed by atoms with E-state index in [2.05, 4.69) is 4.98 Å². The smallest absolute Gasteiger partial charge is 0.321 e. The number of aromatic nitrogens is 1. The minimum absolute atomic E-state index is 0.0361. The number of pyridine rings is 1. The van der Waals surface area contributed by atoms with E-state index in [1.54, 1.807) is 0 Å². The Morgan fingerprint density at radius 2 is 1.79 bits per heavy atom. The van der Waals surface area contributed by atoms with E-state index in [4.69, 9.17) is 22.6 Å². The number of nitrogens with zero attached hydrogens (tertiary/aromatic N) is 2. The summed E-state index contributed by atoms with van der Waals surface area (Å²) >= 11 is 1.27. The van der Waals surface area contributed by atoms with E-state index in [-0.39, 0.29) is 29.8 Å². The quantitative estimate of drug-likeness (QED) is 0.205. The van der Waals surface area contributed by atoms with Crippen LogP contribution in [0.15, 0.2) is 18.3 Å². The molecule has 1 aliphatic carbocycles. The van der Waals surface area contributed by atoms with E-state index in [1.807, 2.05) is 0 Å². The summed E-state index contributed by atoms with van der Waals surface area (Å²) in [7, 11) is 0. The number of carbonyl (C=O) groups excluding carboxylic acids is 2. The Kier molecular flexibility index (Phi) is 9.53. The summed E-state index contributed by atoms with van der Waals surface area (Å²) in [6, 6.07) is 1.99. The van der Waals surface area contributed by atoms with Gasteiger partial charge in [0, 0.05) is 11.9 Å². The molecule has 0 radical (unpaired) electrons. The van der Waals surface area contributed by atoms with Gasteiger partial charge < -0.3 is 27.4 Å². The van der Waals surface area contributed by atoms with Gasteiger partial charge in [-0.2, -0.15) is 0 Å². The molecular weight excluding hydrogens is 464 g/mol. The molecular formula is C21H30N6O6S. The minimum atomic E-state index is -1.13. The van der Waals surface area contributed by atoms with Crippen molar-refractivity contribution in [3.63, 3.8) is 0 Å². The van der Waals surface area contributed by atoms with Gasteiger partial charge in [-0.25, -0.2) is 0 Å². The topological polar surface area (TPSA) is 227 Å². The van der Waals surface area contributed by atoms with Crippen molar-refractivity contribution >= 4 is 41.2 Å². The van der Waals surface area contributed by atoms with Crippen molar-refractivity contribution in [2.75, 3.05) is 18.8 Å². The van der Waals surface area contributed by atoms with Crippen molar-refractivity contribution in [3.8, 4) is 0 Å². The molecule has 0 aromatic carbocycles. The fourth-order valence-electron chi connectivity index (χ4n) is 4.35. The molecule has 2 unspecified atom stereocenters. The minimum Gasteiger partial charge on any atom is -0.480 e. The van der Waals surface area contributed by atoms with Gasteiger partial charge in [-0.05, 0) is 30.9 Å². The number of thioether (sulfide) groups is 1. The van der Waals surface area contributed by atoms with Crippen molar-refractivity contribution in [1.29, 1.82) is 5.41 Å². The Morgan fingerprint density at radius 1 is 1.15 bits per heavy atom. The van der Waals surface area contributed by atoms with Gasteiger partial charge in [-0.3, -0.25) is 34.5 Å².